The minimum Gasteiger partial charge on any atom is -0.497 e. The molecule has 2 saturated heterocycles. The number of ether oxygens (including phenoxy) is 3. The van der Waals surface area contributed by atoms with E-state index in [0.29, 0.717) is 58.8 Å². The molecule has 1 aromatic heterocycles. The summed E-state index contributed by atoms with van der Waals surface area (Å²) in [6, 6.07) is 12.1. The van der Waals surface area contributed by atoms with Gasteiger partial charge in [-0.1, -0.05) is 18.2 Å². The van der Waals surface area contributed by atoms with Gasteiger partial charge in [-0.05, 0) is 70.4 Å². The number of methoxy groups -OCH3 is 2. The van der Waals surface area contributed by atoms with E-state index in [1.165, 1.54) is 32.4 Å². The van der Waals surface area contributed by atoms with E-state index in [4.69, 9.17) is 24.3 Å². The minimum atomic E-state index is -1.59. The topological polar surface area (TPSA) is 152 Å². The van der Waals surface area contributed by atoms with Gasteiger partial charge in [0.05, 0.1) is 32.0 Å². The van der Waals surface area contributed by atoms with Gasteiger partial charge in [0.2, 0.25) is 0 Å². The number of amides is 1. The number of aromatic nitrogens is 2. The molecule has 0 unspecified atom stereocenters. The van der Waals surface area contributed by atoms with Crippen molar-refractivity contribution in [1.82, 2.24) is 15.1 Å². The molecule has 250 valence electrons. The van der Waals surface area contributed by atoms with Crippen LogP contribution in [0.4, 0.5) is 15.0 Å². The second-order valence-electron chi connectivity index (χ2n) is 12.4. The zero-order valence-electron chi connectivity index (χ0n) is 27.3. The molecule has 0 aliphatic carbocycles. The monoisotopic (exact) mass is 650 g/mol. The molecule has 2 aliphatic heterocycles. The predicted octanol–water partition coefficient (Wildman–Crippen LogP) is 3.47. The molecular formula is C33H40BFN4O8. The molecule has 2 aromatic carbocycles. The first kappa shape index (κ1) is 35.3. The van der Waals surface area contributed by atoms with E-state index in [0.717, 1.165) is 12.7 Å². The lowest BCUT2D eigenvalue weighted by Crippen LogP contribution is -2.59. The molecule has 2 bridgehead atoms. The highest BCUT2D eigenvalue weighted by Gasteiger charge is 2.52. The van der Waals surface area contributed by atoms with Gasteiger partial charge in [0, 0.05) is 35.2 Å². The van der Waals surface area contributed by atoms with Crippen LogP contribution in [-0.4, -0.2) is 102 Å². The third kappa shape index (κ3) is 8.06. The van der Waals surface area contributed by atoms with E-state index >= 15 is 4.39 Å². The number of nitrogens with zero attached hydrogens (tertiary/aromatic N) is 4. The van der Waals surface area contributed by atoms with Gasteiger partial charge in [0.1, 0.15) is 35.8 Å². The number of hydrogen-bond donors (Lipinski definition) is 2. The first-order valence-electron chi connectivity index (χ1n) is 15.2. The molecule has 12 nitrogen and oxygen atoms in total. The highest BCUT2D eigenvalue weighted by molar-refractivity contribution is 6.59. The Bertz CT molecular complexity index is 1570. The Morgan fingerprint density at radius 1 is 0.979 bits per heavy atom. The van der Waals surface area contributed by atoms with Gasteiger partial charge in [-0.3, -0.25) is 14.5 Å². The summed E-state index contributed by atoms with van der Waals surface area (Å²) < 4.78 is 31.4. The third-order valence-electron chi connectivity index (χ3n) is 8.22. The van der Waals surface area contributed by atoms with Crippen LogP contribution in [0, 0.1) is 0 Å². The number of aldehydes is 2. The lowest BCUT2D eigenvalue weighted by Gasteiger charge is -2.44. The fourth-order valence-electron chi connectivity index (χ4n) is 5.93. The summed E-state index contributed by atoms with van der Waals surface area (Å²) in [5.41, 5.74) is 1.86. The molecule has 2 N–H and O–H groups in total. The molecular weight excluding hydrogens is 610 g/mol. The second kappa shape index (κ2) is 14.9. The number of rotatable bonds is 8. The summed E-state index contributed by atoms with van der Waals surface area (Å²) in [6.07, 6.45) is 1.63. The van der Waals surface area contributed by atoms with Crippen LogP contribution in [0.5, 0.6) is 11.5 Å². The quantitative estimate of drug-likeness (QED) is 0.272. The van der Waals surface area contributed by atoms with Gasteiger partial charge < -0.3 is 29.2 Å². The molecule has 4 atom stereocenters. The van der Waals surface area contributed by atoms with E-state index in [-0.39, 0.29) is 11.5 Å². The Hall–Kier alpha value is -4.56. The Morgan fingerprint density at radius 3 is 2.17 bits per heavy atom. The van der Waals surface area contributed by atoms with E-state index in [2.05, 4.69) is 10.2 Å². The number of hydrogen-bond acceptors (Lipinski definition) is 11. The van der Waals surface area contributed by atoms with Gasteiger partial charge in [0.15, 0.2) is 5.82 Å². The van der Waals surface area contributed by atoms with Gasteiger partial charge in [-0.2, -0.15) is 0 Å². The van der Waals surface area contributed by atoms with Gasteiger partial charge in [-0.15, -0.1) is 10.2 Å². The van der Waals surface area contributed by atoms with Crippen molar-refractivity contribution >= 4 is 37.1 Å². The van der Waals surface area contributed by atoms with Crippen molar-refractivity contribution in [2.45, 2.75) is 69.9 Å². The van der Waals surface area contributed by atoms with Crippen molar-refractivity contribution in [1.29, 1.82) is 0 Å². The molecule has 14 heteroatoms. The summed E-state index contributed by atoms with van der Waals surface area (Å²) in [6.45, 7) is 5.44. The number of carbonyl (C=O) groups excluding carboxylic acids is 3. The number of alkyl halides is 1. The van der Waals surface area contributed by atoms with Gasteiger partial charge in [0.25, 0.3) is 0 Å². The maximum absolute atomic E-state index is 15.6. The Morgan fingerprint density at radius 2 is 1.62 bits per heavy atom. The van der Waals surface area contributed by atoms with Gasteiger partial charge >= 0.3 is 13.2 Å². The van der Waals surface area contributed by atoms with Crippen LogP contribution in [-0.2, 0) is 4.74 Å². The van der Waals surface area contributed by atoms with Crippen LogP contribution in [0.1, 0.15) is 60.7 Å². The summed E-state index contributed by atoms with van der Waals surface area (Å²) in [5.74, 6) is 1.36. The van der Waals surface area contributed by atoms with Crippen molar-refractivity contribution in [3.63, 3.8) is 0 Å². The normalized spacial score (nSPS) is 20.0. The van der Waals surface area contributed by atoms with Crippen molar-refractivity contribution in [2.75, 3.05) is 26.2 Å². The van der Waals surface area contributed by atoms with Crippen molar-refractivity contribution in [3.8, 4) is 22.8 Å². The third-order valence-corrected chi connectivity index (χ3v) is 8.22. The molecule has 3 heterocycles. The zero-order valence-corrected chi connectivity index (χ0v) is 27.3. The van der Waals surface area contributed by atoms with Crippen LogP contribution >= 0.6 is 0 Å². The summed E-state index contributed by atoms with van der Waals surface area (Å²) in [7, 11) is 3.15. The minimum absolute atomic E-state index is 0.0628. The first-order valence-corrected chi connectivity index (χ1v) is 15.2. The molecule has 1 amide bonds. The first-order chi connectivity index (χ1) is 22.3. The molecule has 3 aromatic rings. The molecule has 0 saturated carbocycles. The molecule has 2 fully saturated rings. The standard InChI is InChI=1S/C25H31FN4O4.C8H9BO4/c1-25(2,3)34-24(32)30-16-7-10-19(30)23(26)20(13-16)29(4)22-11-9-18(27-28-22)17-8-6-15(14-31)12-21(17)33-5;1-13-8-4-6(5-10)2-3-7(8)9(11)12/h6,8-9,11-12,14,16,19-20,23H,7,10,13H2,1-5H3;2-5,11-12H,1H3/t16-,19-,20-,23+;/m0./s1. The fraction of sp³-hybridized carbons (Fsp3) is 0.424. The Kier molecular flexibility index (Phi) is 11.2. The van der Waals surface area contributed by atoms with Gasteiger partial charge in [-0.25, -0.2) is 9.18 Å². The number of anilines is 1. The predicted molar refractivity (Wildman–Crippen MR) is 174 cm³/mol. The van der Waals surface area contributed by atoms with E-state index in [1.54, 1.807) is 35.2 Å². The van der Waals surface area contributed by atoms with E-state index in [1.807, 2.05) is 32.7 Å². The number of benzene rings is 2. The van der Waals surface area contributed by atoms with Crippen LogP contribution in [0.25, 0.3) is 11.3 Å². The summed E-state index contributed by atoms with van der Waals surface area (Å²) in [5, 5.41) is 26.4. The number of fused-ring (bicyclic) bond motifs is 2. The number of carbonyl (C=O) groups is 3. The fourth-order valence-corrected chi connectivity index (χ4v) is 5.93. The maximum atomic E-state index is 15.6. The SMILES string of the molecule is COc1cc(C=O)ccc1-c1ccc(N(C)[C@H]2C[C@@H]3CC[C@@H]([C@H]2F)N3C(=O)OC(C)(C)C)nn1.COc1cc(C=O)ccc1B(O)O. The molecule has 0 radical (unpaired) electrons. The van der Waals surface area contributed by atoms with Crippen LogP contribution < -0.4 is 19.8 Å². The average molecular weight is 651 g/mol. The number of piperidine rings is 1. The maximum Gasteiger partial charge on any atom is 0.492 e. The molecule has 0 spiro atoms. The lowest BCUT2D eigenvalue weighted by molar-refractivity contribution is -0.0104. The number of halogens is 1. The highest BCUT2D eigenvalue weighted by atomic mass is 19.1. The van der Waals surface area contributed by atoms with Crippen molar-refractivity contribution in [2.24, 2.45) is 0 Å². The lowest BCUT2D eigenvalue weighted by atomic mass is 9.79. The van der Waals surface area contributed by atoms with Crippen LogP contribution in [0.3, 0.4) is 0 Å². The van der Waals surface area contributed by atoms with Crippen molar-refractivity contribution < 1.29 is 43.0 Å². The molecule has 5 rings (SSSR count). The second-order valence-corrected chi connectivity index (χ2v) is 12.4. The van der Waals surface area contributed by atoms with Crippen molar-refractivity contribution in [3.05, 3.63) is 59.7 Å². The van der Waals surface area contributed by atoms with Crippen LogP contribution in [0.15, 0.2) is 48.5 Å². The van der Waals surface area contributed by atoms with E-state index in [9.17, 15) is 14.4 Å². The molecule has 2 aliphatic rings. The average Bonchev–Trinajstić information content (AvgIpc) is 3.41. The Labute approximate surface area is 273 Å². The van der Waals surface area contributed by atoms with Crippen LogP contribution in [0.2, 0.25) is 0 Å². The Balaban J connectivity index is 0.000000323. The molecule has 47 heavy (non-hydrogen) atoms. The zero-order chi connectivity index (χ0) is 34.5. The smallest absolute Gasteiger partial charge is 0.492 e. The summed E-state index contributed by atoms with van der Waals surface area (Å²) in [4.78, 5) is 37.5. The largest absolute Gasteiger partial charge is 0.497 e. The highest BCUT2D eigenvalue weighted by Crippen LogP contribution is 2.41. The summed E-state index contributed by atoms with van der Waals surface area (Å²) >= 11 is 0. The van der Waals surface area contributed by atoms with E-state index < -0.39 is 37.1 Å².